The van der Waals surface area contributed by atoms with E-state index in [1.807, 2.05) is 30.5 Å². The molecule has 1 fully saturated rings. The Kier molecular flexibility index (Phi) is 4.39. The normalized spacial score (nSPS) is 13.6. The number of aromatic nitrogens is 2. The third kappa shape index (κ3) is 3.42. The second kappa shape index (κ2) is 7.21. The maximum absolute atomic E-state index is 12.3. The largest absolute Gasteiger partial charge is 0.465 e. The summed E-state index contributed by atoms with van der Waals surface area (Å²) in [7, 11) is 1.42. The monoisotopic (exact) mass is 382 g/mol. The van der Waals surface area contributed by atoms with Crippen molar-refractivity contribution in [1.82, 2.24) is 9.55 Å². The molecule has 0 radical (unpaired) electrons. The van der Waals surface area contributed by atoms with Crippen molar-refractivity contribution in [2.75, 3.05) is 7.11 Å². The fraction of sp³-hybridized carbons (Fsp3) is 0.200. The Morgan fingerprint density at radius 1 is 1.10 bits per heavy atom. The number of pyridine rings is 1. The summed E-state index contributed by atoms with van der Waals surface area (Å²) in [5.41, 5.74) is 5.91. The van der Waals surface area contributed by atoms with Crippen LogP contribution in [0.2, 0.25) is 0 Å². The molecule has 4 aromatic rings. The molecular formula is C25H22N2O2. The van der Waals surface area contributed by atoms with Crippen LogP contribution in [-0.2, 0) is 11.2 Å². The van der Waals surface area contributed by atoms with E-state index < -0.39 is 0 Å². The number of fused-ring (bicyclic) bond motifs is 1. The molecule has 0 aliphatic heterocycles. The van der Waals surface area contributed by atoms with Crippen LogP contribution in [0.3, 0.4) is 0 Å². The number of ether oxygens (including phenoxy) is 1. The third-order valence-electron chi connectivity index (χ3n) is 5.61. The van der Waals surface area contributed by atoms with Gasteiger partial charge in [-0.25, -0.2) is 4.79 Å². The molecular weight excluding hydrogens is 360 g/mol. The van der Waals surface area contributed by atoms with Crippen LogP contribution < -0.4 is 0 Å². The number of hydrogen-bond donors (Lipinski definition) is 0. The molecule has 0 atom stereocenters. The van der Waals surface area contributed by atoms with Gasteiger partial charge >= 0.3 is 5.97 Å². The molecule has 0 saturated heterocycles. The molecule has 0 N–H and O–H groups in total. The van der Waals surface area contributed by atoms with E-state index in [0.29, 0.717) is 17.9 Å². The summed E-state index contributed by atoms with van der Waals surface area (Å²) in [4.78, 5) is 17.0. The lowest BCUT2D eigenvalue weighted by molar-refractivity contribution is 0.0599. The Morgan fingerprint density at radius 3 is 2.69 bits per heavy atom. The van der Waals surface area contributed by atoms with Gasteiger partial charge in [0.15, 0.2) is 0 Å². The molecule has 5 rings (SSSR count). The number of carbonyl (C=O) groups is 1. The average molecular weight is 382 g/mol. The number of methoxy groups -OCH3 is 1. The highest BCUT2D eigenvalue weighted by Gasteiger charge is 2.26. The summed E-state index contributed by atoms with van der Waals surface area (Å²) in [6.45, 7) is 0. The number of esters is 1. The van der Waals surface area contributed by atoms with E-state index in [0.717, 1.165) is 28.0 Å². The summed E-state index contributed by atoms with van der Waals surface area (Å²) in [5.74, 6) is 0.236. The molecule has 0 amide bonds. The van der Waals surface area contributed by atoms with Crippen LogP contribution in [0.4, 0.5) is 0 Å². The van der Waals surface area contributed by atoms with Gasteiger partial charge in [0.2, 0.25) is 0 Å². The summed E-state index contributed by atoms with van der Waals surface area (Å²) >= 11 is 0. The van der Waals surface area contributed by atoms with E-state index in [9.17, 15) is 4.79 Å². The van der Waals surface area contributed by atoms with Crippen LogP contribution in [-0.4, -0.2) is 22.6 Å². The van der Waals surface area contributed by atoms with Crippen LogP contribution in [0.15, 0.2) is 73.1 Å². The van der Waals surface area contributed by atoms with E-state index in [2.05, 4.69) is 52.1 Å². The van der Waals surface area contributed by atoms with Gasteiger partial charge in [-0.2, -0.15) is 0 Å². The highest BCUT2D eigenvalue weighted by Crippen LogP contribution is 2.40. The first-order chi connectivity index (χ1) is 14.2. The lowest BCUT2D eigenvalue weighted by Crippen LogP contribution is -2.09. The fourth-order valence-corrected chi connectivity index (χ4v) is 3.89. The number of carbonyl (C=O) groups excluding carboxylic acids is 1. The first kappa shape index (κ1) is 17.7. The molecule has 1 aliphatic carbocycles. The van der Waals surface area contributed by atoms with Crippen LogP contribution >= 0.6 is 0 Å². The molecule has 0 spiro atoms. The quantitative estimate of drug-likeness (QED) is 0.441. The van der Waals surface area contributed by atoms with Crippen LogP contribution in [0.25, 0.3) is 16.6 Å². The molecule has 29 heavy (non-hydrogen) atoms. The Bertz CT molecular complexity index is 1190. The van der Waals surface area contributed by atoms with E-state index >= 15 is 0 Å². The van der Waals surface area contributed by atoms with Gasteiger partial charge in [0, 0.05) is 29.9 Å². The van der Waals surface area contributed by atoms with Gasteiger partial charge in [-0.05, 0) is 66.3 Å². The van der Waals surface area contributed by atoms with Gasteiger partial charge in [0.1, 0.15) is 0 Å². The van der Waals surface area contributed by atoms with Crippen molar-refractivity contribution in [1.29, 1.82) is 0 Å². The number of benzene rings is 2. The second-order valence-electron chi connectivity index (χ2n) is 7.62. The Hall–Kier alpha value is -3.40. The summed E-state index contributed by atoms with van der Waals surface area (Å²) in [5, 5.41) is 1.17. The third-order valence-corrected chi connectivity index (χ3v) is 5.61. The van der Waals surface area contributed by atoms with Crippen molar-refractivity contribution in [3.05, 3.63) is 95.4 Å². The van der Waals surface area contributed by atoms with Crippen molar-refractivity contribution < 1.29 is 9.53 Å². The van der Waals surface area contributed by atoms with Gasteiger partial charge in [-0.3, -0.25) is 4.98 Å². The van der Waals surface area contributed by atoms with Crippen molar-refractivity contribution >= 4 is 16.9 Å². The molecule has 1 aliphatic rings. The first-order valence-corrected chi connectivity index (χ1v) is 9.95. The molecule has 144 valence electrons. The Labute approximate surface area is 169 Å². The van der Waals surface area contributed by atoms with Gasteiger partial charge in [0.25, 0.3) is 0 Å². The lowest BCUT2D eigenvalue weighted by atomic mass is 10.0. The number of para-hydroxylation sites is 1. The molecule has 2 aromatic heterocycles. The van der Waals surface area contributed by atoms with Gasteiger partial charge < -0.3 is 9.30 Å². The minimum Gasteiger partial charge on any atom is -0.465 e. The number of hydrogen-bond acceptors (Lipinski definition) is 3. The predicted octanol–water partition coefficient (Wildman–Crippen LogP) is 5.28. The molecule has 4 nitrogen and oxygen atoms in total. The van der Waals surface area contributed by atoms with E-state index in [4.69, 9.17) is 4.74 Å². The smallest absolute Gasteiger partial charge is 0.339 e. The molecule has 4 heteroatoms. The summed E-state index contributed by atoms with van der Waals surface area (Å²) in [6.07, 6.45) is 6.96. The maximum atomic E-state index is 12.3. The van der Waals surface area contributed by atoms with Gasteiger partial charge in [-0.15, -0.1) is 0 Å². The van der Waals surface area contributed by atoms with Crippen LogP contribution in [0, 0.1) is 0 Å². The van der Waals surface area contributed by atoms with Crippen LogP contribution in [0.5, 0.6) is 0 Å². The van der Waals surface area contributed by atoms with Crippen molar-refractivity contribution in [3.8, 4) is 5.69 Å². The van der Waals surface area contributed by atoms with E-state index in [-0.39, 0.29) is 5.97 Å². The topological polar surface area (TPSA) is 44.1 Å². The Balaban J connectivity index is 1.48. The zero-order valence-electron chi connectivity index (χ0n) is 16.3. The Morgan fingerprint density at radius 2 is 1.93 bits per heavy atom. The second-order valence-corrected chi connectivity index (χ2v) is 7.62. The zero-order chi connectivity index (χ0) is 19.8. The predicted molar refractivity (Wildman–Crippen MR) is 114 cm³/mol. The molecule has 0 unspecified atom stereocenters. The van der Waals surface area contributed by atoms with Crippen LogP contribution in [0.1, 0.15) is 45.9 Å². The van der Waals surface area contributed by atoms with E-state index in [1.54, 1.807) is 0 Å². The highest BCUT2D eigenvalue weighted by atomic mass is 16.5. The van der Waals surface area contributed by atoms with Crippen molar-refractivity contribution in [2.45, 2.75) is 25.2 Å². The number of nitrogens with zero attached hydrogens (tertiary/aromatic N) is 2. The SMILES string of the molecule is COC(=O)c1cc(C2CC2)cnc1Cc1ccc2c(ccn2-c2ccccc2)c1. The maximum Gasteiger partial charge on any atom is 0.339 e. The molecule has 2 heterocycles. The standard InChI is InChI=1S/C25H22N2O2/c1-29-25(28)22-15-20(18-8-9-18)16-26-23(22)14-17-7-10-24-19(13-17)11-12-27(24)21-5-3-2-4-6-21/h2-7,10-13,15-16,18H,8-9,14H2,1H3. The van der Waals surface area contributed by atoms with Gasteiger partial charge in [-0.1, -0.05) is 24.3 Å². The molecule has 0 bridgehead atoms. The average Bonchev–Trinajstić information content (AvgIpc) is 3.53. The van der Waals surface area contributed by atoms with Crippen molar-refractivity contribution in [3.63, 3.8) is 0 Å². The zero-order valence-corrected chi connectivity index (χ0v) is 16.3. The summed E-state index contributed by atoms with van der Waals surface area (Å²) < 4.78 is 7.19. The number of rotatable bonds is 5. The minimum atomic E-state index is -0.314. The molecule has 2 aromatic carbocycles. The van der Waals surface area contributed by atoms with E-state index in [1.165, 1.54) is 25.3 Å². The van der Waals surface area contributed by atoms with Crippen molar-refractivity contribution in [2.24, 2.45) is 0 Å². The first-order valence-electron chi connectivity index (χ1n) is 9.95. The lowest BCUT2D eigenvalue weighted by Gasteiger charge is -2.10. The summed E-state index contributed by atoms with van der Waals surface area (Å²) in [6, 6.07) is 20.8. The highest BCUT2D eigenvalue weighted by molar-refractivity contribution is 5.91. The van der Waals surface area contributed by atoms with Gasteiger partial charge in [0.05, 0.1) is 23.9 Å². The minimum absolute atomic E-state index is 0.314. The fourth-order valence-electron chi connectivity index (χ4n) is 3.89. The molecule has 1 saturated carbocycles.